The van der Waals surface area contributed by atoms with Crippen LogP contribution < -0.4 is 20.3 Å². The van der Waals surface area contributed by atoms with Gasteiger partial charge in [-0.2, -0.15) is 0 Å². The number of fused-ring (bicyclic) bond motifs is 1. The summed E-state index contributed by atoms with van der Waals surface area (Å²) in [6.07, 6.45) is 0. The molecule has 0 radical (unpaired) electrons. The second kappa shape index (κ2) is 9.11. The van der Waals surface area contributed by atoms with Gasteiger partial charge in [0.1, 0.15) is 0 Å². The molecule has 0 aliphatic rings. The van der Waals surface area contributed by atoms with Crippen LogP contribution in [0.4, 0.5) is 0 Å². The van der Waals surface area contributed by atoms with Crippen molar-refractivity contribution in [1.82, 2.24) is 9.88 Å². The Morgan fingerprint density at radius 3 is 2.34 bits per heavy atom. The van der Waals surface area contributed by atoms with Crippen molar-refractivity contribution < 1.29 is 14.6 Å². The van der Waals surface area contributed by atoms with Crippen LogP contribution in [-0.4, -0.2) is 36.5 Å². The average Bonchev–Trinajstić information content (AvgIpc) is 2.74. The van der Waals surface area contributed by atoms with E-state index in [1.165, 1.54) is 5.56 Å². The molecule has 3 rings (SSSR count). The third kappa shape index (κ3) is 4.60. The van der Waals surface area contributed by atoms with Crippen LogP contribution in [0.3, 0.4) is 0 Å². The Kier molecular flexibility index (Phi) is 6.56. The number of methoxy groups -OCH3 is 2. The quantitative estimate of drug-likeness (QED) is 0.613. The van der Waals surface area contributed by atoms with Gasteiger partial charge in [0, 0.05) is 29.6 Å². The van der Waals surface area contributed by atoms with Gasteiger partial charge < -0.3 is 24.5 Å². The molecule has 2 aromatic carbocycles. The molecular weight excluding hydrogens is 368 g/mol. The molecule has 0 spiro atoms. The summed E-state index contributed by atoms with van der Waals surface area (Å²) in [6.45, 7) is 4.75. The average molecular weight is 396 g/mol. The van der Waals surface area contributed by atoms with Gasteiger partial charge in [0.2, 0.25) is 0 Å². The van der Waals surface area contributed by atoms with E-state index in [9.17, 15) is 9.90 Å². The minimum Gasteiger partial charge on any atom is -0.493 e. The highest BCUT2D eigenvalue weighted by Gasteiger charge is 2.14. The van der Waals surface area contributed by atoms with E-state index in [1.807, 2.05) is 56.3 Å². The molecule has 1 aromatic heterocycles. The zero-order chi connectivity index (χ0) is 21.0. The zero-order valence-corrected chi connectivity index (χ0v) is 17.4. The minimum atomic E-state index is -0.0963. The summed E-state index contributed by atoms with van der Waals surface area (Å²) in [5.74, 6) is 1.19. The third-order valence-corrected chi connectivity index (χ3v) is 5.05. The lowest BCUT2D eigenvalue weighted by molar-refractivity contribution is 0.251. The van der Waals surface area contributed by atoms with Gasteiger partial charge in [-0.3, -0.25) is 4.79 Å². The molecule has 6 heteroatoms. The fourth-order valence-electron chi connectivity index (χ4n) is 3.27. The Hall–Kier alpha value is -2.83. The molecule has 0 aliphatic carbocycles. The largest absolute Gasteiger partial charge is 0.493 e. The van der Waals surface area contributed by atoms with Crippen LogP contribution in [0.1, 0.15) is 23.6 Å². The van der Waals surface area contributed by atoms with E-state index in [-0.39, 0.29) is 18.2 Å². The van der Waals surface area contributed by atoms with Crippen molar-refractivity contribution in [1.29, 1.82) is 0 Å². The van der Waals surface area contributed by atoms with Gasteiger partial charge in [0.25, 0.3) is 5.56 Å². The second-order valence-electron chi connectivity index (χ2n) is 7.28. The van der Waals surface area contributed by atoms with Crippen LogP contribution in [0.25, 0.3) is 10.9 Å². The van der Waals surface area contributed by atoms with Crippen molar-refractivity contribution in [3.63, 3.8) is 0 Å². The SMILES string of the molecule is COc1cc2cc(CNC(C)CO)c(=O)n(Cc3ccc(C)cc3)c2cc1OC. The fourth-order valence-corrected chi connectivity index (χ4v) is 3.27. The van der Waals surface area contributed by atoms with Gasteiger partial charge in [0.15, 0.2) is 11.5 Å². The number of aryl methyl sites for hydroxylation is 1. The maximum Gasteiger partial charge on any atom is 0.255 e. The first-order valence-corrected chi connectivity index (χ1v) is 9.65. The number of rotatable bonds is 8. The topological polar surface area (TPSA) is 72.7 Å². The molecule has 2 N–H and O–H groups in total. The molecule has 29 heavy (non-hydrogen) atoms. The summed E-state index contributed by atoms with van der Waals surface area (Å²) >= 11 is 0. The first-order valence-electron chi connectivity index (χ1n) is 9.65. The first-order chi connectivity index (χ1) is 14.0. The van der Waals surface area contributed by atoms with E-state index in [0.717, 1.165) is 16.5 Å². The molecule has 6 nitrogen and oxygen atoms in total. The molecule has 0 amide bonds. The van der Waals surface area contributed by atoms with E-state index < -0.39 is 0 Å². The monoisotopic (exact) mass is 396 g/mol. The summed E-state index contributed by atoms with van der Waals surface area (Å²) in [4.78, 5) is 13.3. The summed E-state index contributed by atoms with van der Waals surface area (Å²) in [5.41, 5.74) is 3.57. The number of hydrogen-bond donors (Lipinski definition) is 2. The van der Waals surface area contributed by atoms with Crippen LogP contribution in [0, 0.1) is 6.92 Å². The zero-order valence-electron chi connectivity index (χ0n) is 17.4. The highest BCUT2D eigenvalue weighted by atomic mass is 16.5. The number of nitrogens with one attached hydrogen (secondary N) is 1. The number of aromatic nitrogens is 1. The minimum absolute atomic E-state index is 0.0101. The molecular formula is C23H28N2O4. The number of ether oxygens (including phenoxy) is 2. The Balaban J connectivity index is 2.16. The molecule has 0 bridgehead atoms. The molecule has 0 saturated carbocycles. The van der Waals surface area contributed by atoms with E-state index in [4.69, 9.17) is 9.47 Å². The maximum atomic E-state index is 13.3. The second-order valence-corrected chi connectivity index (χ2v) is 7.28. The normalized spacial score (nSPS) is 12.2. The van der Waals surface area contributed by atoms with Crippen molar-refractivity contribution in [3.05, 3.63) is 69.5 Å². The Morgan fingerprint density at radius 1 is 1.07 bits per heavy atom. The lowest BCUT2D eigenvalue weighted by Crippen LogP contribution is -2.33. The van der Waals surface area contributed by atoms with Crippen LogP contribution in [-0.2, 0) is 13.1 Å². The molecule has 154 valence electrons. The third-order valence-electron chi connectivity index (χ3n) is 5.05. The summed E-state index contributed by atoms with van der Waals surface area (Å²) in [7, 11) is 3.18. The molecule has 0 saturated heterocycles. The molecule has 0 fully saturated rings. The standard InChI is InChI=1S/C23H28N2O4/c1-15-5-7-17(8-6-15)13-25-20-11-22(29-4)21(28-3)10-18(20)9-19(23(25)27)12-24-16(2)14-26/h5-11,16,24,26H,12-14H2,1-4H3. The van der Waals surface area contributed by atoms with Crippen molar-refractivity contribution in [2.75, 3.05) is 20.8 Å². The predicted molar refractivity (Wildman–Crippen MR) is 115 cm³/mol. The van der Waals surface area contributed by atoms with E-state index in [1.54, 1.807) is 18.8 Å². The Morgan fingerprint density at radius 2 is 1.72 bits per heavy atom. The number of aliphatic hydroxyl groups is 1. The molecule has 1 heterocycles. The number of nitrogens with zero attached hydrogens (tertiary/aromatic N) is 1. The van der Waals surface area contributed by atoms with Gasteiger partial charge in [-0.05, 0) is 31.5 Å². The van der Waals surface area contributed by atoms with Crippen LogP contribution in [0.2, 0.25) is 0 Å². The summed E-state index contributed by atoms with van der Waals surface area (Å²) in [5, 5.41) is 13.4. The van der Waals surface area contributed by atoms with Crippen LogP contribution >= 0.6 is 0 Å². The Bertz CT molecular complexity index is 1040. The van der Waals surface area contributed by atoms with Crippen molar-refractivity contribution in [2.24, 2.45) is 0 Å². The number of benzene rings is 2. The lowest BCUT2D eigenvalue weighted by Gasteiger charge is -2.17. The molecule has 1 atom stereocenters. The van der Waals surface area contributed by atoms with Gasteiger partial charge in [-0.25, -0.2) is 0 Å². The fraction of sp³-hybridized carbons (Fsp3) is 0.348. The number of hydrogen-bond acceptors (Lipinski definition) is 5. The van der Waals surface area contributed by atoms with Crippen molar-refractivity contribution in [2.45, 2.75) is 33.0 Å². The molecule has 1 unspecified atom stereocenters. The van der Waals surface area contributed by atoms with E-state index in [0.29, 0.717) is 30.2 Å². The first kappa shape index (κ1) is 20.9. The molecule has 0 aliphatic heterocycles. The lowest BCUT2D eigenvalue weighted by atomic mass is 10.1. The van der Waals surface area contributed by atoms with Gasteiger partial charge in [0.05, 0.1) is 32.9 Å². The van der Waals surface area contributed by atoms with Gasteiger partial charge >= 0.3 is 0 Å². The van der Waals surface area contributed by atoms with E-state index in [2.05, 4.69) is 5.32 Å². The van der Waals surface area contributed by atoms with Gasteiger partial charge in [-0.1, -0.05) is 29.8 Å². The van der Waals surface area contributed by atoms with Crippen molar-refractivity contribution >= 4 is 10.9 Å². The van der Waals surface area contributed by atoms with Crippen LogP contribution in [0.15, 0.2) is 47.3 Å². The Labute approximate surface area is 170 Å². The highest BCUT2D eigenvalue weighted by molar-refractivity contribution is 5.84. The number of pyridine rings is 1. The predicted octanol–water partition coefficient (Wildman–Crippen LogP) is 2.85. The van der Waals surface area contributed by atoms with Crippen molar-refractivity contribution in [3.8, 4) is 11.5 Å². The van der Waals surface area contributed by atoms with Crippen LogP contribution in [0.5, 0.6) is 11.5 Å². The highest BCUT2D eigenvalue weighted by Crippen LogP contribution is 2.32. The van der Waals surface area contributed by atoms with Gasteiger partial charge in [-0.15, -0.1) is 0 Å². The van der Waals surface area contributed by atoms with E-state index >= 15 is 0 Å². The smallest absolute Gasteiger partial charge is 0.255 e. The summed E-state index contributed by atoms with van der Waals surface area (Å²) in [6, 6.07) is 13.7. The number of aliphatic hydroxyl groups excluding tert-OH is 1. The molecule has 3 aromatic rings. The summed E-state index contributed by atoms with van der Waals surface area (Å²) < 4.78 is 12.7. The maximum absolute atomic E-state index is 13.3.